The summed E-state index contributed by atoms with van der Waals surface area (Å²) in [5.74, 6) is -1.41. The van der Waals surface area contributed by atoms with E-state index in [2.05, 4.69) is 10.6 Å². The third-order valence-corrected chi connectivity index (χ3v) is 3.60. The van der Waals surface area contributed by atoms with Gasteiger partial charge < -0.3 is 10.4 Å². The maximum Gasteiger partial charge on any atom is 0.336 e. The van der Waals surface area contributed by atoms with Gasteiger partial charge in [-0.1, -0.05) is 17.7 Å². The largest absolute Gasteiger partial charge is 0.478 e. The highest BCUT2D eigenvalue weighted by Crippen LogP contribution is 2.19. The van der Waals surface area contributed by atoms with Crippen LogP contribution in [-0.2, 0) is 0 Å². The van der Waals surface area contributed by atoms with Gasteiger partial charge in [-0.05, 0) is 61.1 Å². The van der Waals surface area contributed by atoms with Crippen molar-refractivity contribution in [3.05, 3.63) is 64.2 Å². The zero-order valence-electron chi connectivity index (χ0n) is 12.1. The number of benzene rings is 2. The smallest absolute Gasteiger partial charge is 0.336 e. The number of amides is 1. The average Bonchev–Trinajstić information content (AvgIpc) is 2.49. The number of hydrogen-bond acceptors (Lipinski definition) is 3. The molecule has 7 heteroatoms. The summed E-state index contributed by atoms with van der Waals surface area (Å²) in [6.45, 7) is 1.66. The number of carboxylic acid groups (broad SMARTS) is 1. The van der Waals surface area contributed by atoms with Crippen LogP contribution < -0.4 is 10.6 Å². The van der Waals surface area contributed by atoms with Crippen LogP contribution in [-0.4, -0.2) is 22.1 Å². The maximum absolute atomic E-state index is 12.0. The van der Waals surface area contributed by atoms with E-state index in [1.54, 1.807) is 43.3 Å². The Kier molecular flexibility index (Phi) is 5.31. The Labute approximate surface area is 143 Å². The molecule has 0 bridgehead atoms. The minimum atomic E-state index is -1.03. The molecule has 0 spiro atoms. The number of anilines is 1. The number of rotatable bonds is 3. The van der Waals surface area contributed by atoms with Crippen molar-refractivity contribution in [2.45, 2.75) is 6.92 Å². The van der Waals surface area contributed by atoms with Gasteiger partial charge in [0.2, 0.25) is 0 Å². The third-order valence-electron chi connectivity index (χ3n) is 3.15. The Morgan fingerprint density at radius 1 is 1.13 bits per heavy atom. The van der Waals surface area contributed by atoms with Crippen LogP contribution in [0, 0.1) is 6.92 Å². The normalized spacial score (nSPS) is 10.0. The van der Waals surface area contributed by atoms with Crippen molar-refractivity contribution < 1.29 is 14.7 Å². The quantitative estimate of drug-likeness (QED) is 0.740. The zero-order valence-corrected chi connectivity index (χ0v) is 13.7. The van der Waals surface area contributed by atoms with Crippen LogP contribution in [0.2, 0.25) is 5.02 Å². The van der Waals surface area contributed by atoms with E-state index in [1.807, 2.05) is 0 Å². The molecule has 0 atom stereocenters. The first kappa shape index (κ1) is 16.9. The second-order valence-electron chi connectivity index (χ2n) is 4.70. The lowest BCUT2D eigenvalue weighted by Crippen LogP contribution is -2.34. The molecule has 0 saturated heterocycles. The van der Waals surface area contributed by atoms with Gasteiger partial charge in [-0.2, -0.15) is 0 Å². The molecule has 0 aliphatic heterocycles. The molecule has 118 valence electrons. The summed E-state index contributed by atoms with van der Waals surface area (Å²) < 4.78 is 0. The Morgan fingerprint density at radius 3 is 2.39 bits per heavy atom. The average molecular weight is 349 g/mol. The zero-order chi connectivity index (χ0) is 17.0. The number of carboxylic acids is 1. The lowest BCUT2D eigenvalue weighted by Gasteiger charge is -2.13. The molecular formula is C16H13ClN2O3S. The van der Waals surface area contributed by atoms with Crippen LogP contribution in [0.25, 0.3) is 0 Å². The molecule has 0 unspecified atom stereocenters. The highest BCUT2D eigenvalue weighted by atomic mass is 35.5. The van der Waals surface area contributed by atoms with E-state index in [0.717, 1.165) is 0 Å². The van der Waals surface area contributed by atoms with Crippen molar-refractivity contribution in [3.63, 3.8) is 0 Å². The highest BCUT2D eigenvalue weighted by Gasteiger charge is 2.12. The standard InChI is InChI=1S/C16H13ClN2O3S/c1-9-12(15(21)22)3-2-4-13(9)18-16(23)19-14(20)10-5-7-11(17)8-6-10/h2-8H,1H3,(H,21,22)(H2,18,19,20,23). The van der Waals surface area contributed by atoms with E-state index in [0.29, 0.717) is 21.8 Å². The second kappa shape index (κ2) is 7.21. The van der Waals surface area contributed by atoms with Gasteiger partial charge in [0.1, 0.15) is 0 Å². The number of carbonyl (C=O) groups is 2. The molecule has 0 fully saturated rings. The van der Waals surface area contributed by atoms with Crippen LogP contribution in [0.5, 0.6) is 0 Å². The van der Waals surface area contributed by atoms with Gasteiger partial charge >= 0.3 is 5.97 Å². The SMILES string of the molecule is Cc1c(NC(=S)NC(=O)c2ccc(Cl)cc2)cccc1C(=O)O. The number of hydrogen-bond donors (Lipinski definition) is 3. The molecule has 0 aliphatic rings. The molecular weight excluding hydrogens is 336 g/mol. The number of halogens is 1. The first-order valence-electron chi connectivity index (χ1n) is 6.59. The Bertz CT molecular complexity index is 775. The first-order chi connectivity index (χ1) is 10.9. The van der Waals surface area contributed by atoms with E-state index in [4.69, 9.17) is 28.9 Å². The Hall–Kier alpha value is -2.44. The fourth-order valence-corrected chi connectivity index (χ4v) is 2.26. The van der Waals surface area contributed by atoms with Gasteiger partial charge in [-0.15, -0.1) is 0 Å². The second-order valence-corrected chi connectivity index (χ2v) is 5.54. The first-order valence-corrected chi connectivity index (χ1v) is 7.38. The van der Waals surface area contributed by atoms with E-state index >= 15 is 0 Å². The molecule has 2 rings (SSSR count). The summed E-state index contributed by atoms with van der Waals surface area (Å²) in [5.41, 5.74) is 1.63. The monoisotopic (exact) mass is 348 g/mol. The van der Waals surface area contributed by atoms with E-state index in [-0.39, 0.29) is 16.6 Å². The van der Waals surface area contributed by atoms with Crippen molar-refractivity contribution in [3.8, 4) is 0 Å². The van der Waals surface area contributed by atoms with Crippen LogP contribution >= 0.6 is 23.8 Å². The van der Waals surface area contributed by atoms with Gasteiger partial charge in [0.05, 0.1) is 5.56 Å². The van der Waals surface area contributed by atoms with E-state index in [9.17, 15) is 9.59 Å². The Morgan fingerprint density at radius 2 is 1.78 bits per heavy atom. The molecule has 2 aromatic rings. The van der Waals surface area contributed by atoms with Gasteiger partial charge in [0, 0.05) is 16.3 Å². The van der Waals surface area contributed by atoms with Crippen molar-refractivity contribution in [1.29, 1.82) is 0 Å². The van der Waals surface area contributed by atoms with Gasteiger partial charge in [-0.3, -0.25) is 10.1 Å². The van der Waals surface area contributed by atoms with Crippen LogP contribution in [0.15, 0.2) is 42.5 Å². The van der Waals surface area contributed by atoms with Crippen LogP contribution in [0.3, 0.4) is 0 Å². The minimum Gasteiger partial charge on any atom is -0.478 e. The molecule has 2 aromatic carbocycles. The van der Waals surface area contributed by atoms with Crippen LogP contribution in [0.4, 0.5) is 5.69 Å². The summed E-state index contributed by atoms with van der Waals surface area (Å²) in [6, 6.07) is 11.1. The fourth-order valence-electron chi connectivity index (χ4n) is 1.93. The lowest BCUT2D eigenvalue weighted by molar-refractivity contribution is 0.0696. The Balaban J connectivity index is 2.08. The molecule has 5 nitrogen and oxygen atoms in total. The molecule has 1 amide bonds. The van der Waals surface area contributed by atoms with Crippen molar-refractivity contribution in [2.75, 3.05) is 5.32 Å². The van der Waals surface area contributed by atoms with E-state index in [1.165, 1.54) is 6.07 Å². The molecule has 3 N–H and O–H groups in total. The number of aromatic carboxylic acids is 1. The third kappa shape index (κ3) is 4.28. The highest BCUT2D eigenvalue weighted by molar-refractivity contribution is 7.80. The molecule has 0 radical (unpaired) electrons. The van der Waals surface area contributed by atoms with Crippen molar-refractivity contribution in [1.82, 2.24) is 5.32 Å². The molecule has 0 aliphatic carbocycles. The molecule has 0 saturated carbocycles. The minimum absolute atomic E-state index is 0.0792. The van der Waals surface area contributed by atoms with Crippen molar-refractivity contribution in [2.24, 2.45) is 0 Å². The van der Waals surface area contributed by atoms with Gasteiger partial charge in [-0.25, -0.2) is 4.79 Å². The summed E-state index contributed by atoms with van der Waals surface area (Å²) in [6.07, 6.45) is 0. The fraction of sp³-hybridized carbons (Fsp3) is 0.0625. The number of carbonyl (C=O) groups excluding carboxylic acids is 1. The summed E-state index contributed by atoms with van der Waals surface area (Å²) in [4.78, 5) is 23.1. The van der Waals surface area contributed by atoms with Gasteiger partial charge in [0.15, 0.2) is 5.11 Å². The van der Waals surface area contributed by atoms with Crippen LogP contribution in [0.1, 0.15) is 26.3 Å². The van der Waals surface area contributed by atoms with Crippen molar-refractivity contribution >= 4 is 46.5 Å². The van der Waals surface area contributed by atoms with E-state index < -0.39 is 5.97 Å². The predicted octanol–water partition coefficient (Wildman–Crippen LogP) is 3.47. The summed E-state index contributed by atoms with van der Waals surface area (Å²) >= 11 is 10.9. The molecule has 0 aromatic heterocycles. The summed E-state index contributed by atoms with van der Waals surface area (Å²) in [7, 11) is 0. The van der Waals surface area contributed by atoms with Gasteiger partial charge in [0.25, 0.3) is 5.91 Å². The summed E-state index contributed by atoms with van der Waals surface area (Å²) in [5, 5.41) is 15.1. The number of nitrogens with one attached hydrogen (secondary N) is 2. The molecule has 0 heterocycles. The number of thiocarbonyl (C=S) groups is 1. The topological polar surface area (TPSA) is 78.4 Å². The maximum atomic E-state index is 12.0. The predicted molar refractivity (Wildman–Crippen MR) is 93.3 cm³/mol. The lowest BCUT2D eigenvalue weighted by atomic mass is 10.1. The molecule has 23 heavy (non-hydrogen) atoms.